The highest BCUT2D eigenvalue weighted by molar-refractivity contribution is 5.90. The van der Waals surface area contributed by atoms with Crippen LogP contribution in [0, 0.1) is 24.1 Å². The normalized spacial score (nSPS) is 26.2. The van der Waals surface area contributed by atoms with Crippen molar-refractivity contribution in [2.24, 2.45) is 11.3 Å². The molecule has 2 aliphatic heterocycles. The number of carbonyl (C=O) groups excluding carboxylic acids is 2. The van der Waals surface area contributed by atoms with E-state index in [0.29, 0.717) is 38.2 Å². The maximum Gasteiger partial charge on any atom is 0.248 e. The van der Waals surface area contributed by atoms with E-state index in [2.05, 4.69) is 10.2 Å². The van der Waals surface area contributed by atoms with Gasteiger partial charge in [-0.05, 0) is 43.7 Å². The number of amides is 2. The number of nitrogens with zero attached hydrogens (tertiary/aromatic N) is 2. The van der Waals surface area contributed by atoms with Crippen LogP contribution < -0.4 is 15.7 Å². The molecule has 8 heteroatoms. The molecule has 2 heterocycles. The predicted octanol–water partition coefficient (Wildman–Crippen LogP) is 1.05. The van der Waals surface area contributed by atoms with Gasteiger partial charge in [-0.15, -0.1) is 0 Å². The molecule has 0 aromatic heterocycles. The van der Waals surface area contributed by atoms with Crippen LogP contribution in [0.4, 0.5) is 10.1 Å². The zero-order valence-corrected chi connectivity index (χ0v) is 16.1. The van der Waals surface area contributed by atoms with Crippen LogP contribution in [0.1, 0.15) is 24.8 Å². The summed E-state index contributed by atoms with van der Waals surface area (Å²) in [6, 6.07) is 4.44. The van der Waals surface area contributed by atoms with Crippen molar-refractivity contribution in [1.82, 2.24) is 15.7 Å². The van der Waals surface area contributed by atoms with E-state index < -0.39 is 17.9 Å². The quantitative estimate of drug-likeness (QED) is 0.531. The average Bonchev–Trinajstić information content (AvgIpc) is 3.47. The summed E-state index contributed by atoms with van der Waals surface area (Å²) < 4.78 is 13.8. The van der Waals surface area contributed by atoms with Gasteiger partial charge >= 0.3 is 0 Å². The molecule has 28 heavy (non-hydrogen) atoms. The Morgan fingerprint density at radius 2 is 1.96 bits per heavy atom. The number of piperazine rings is 1. The predicted molar refractivity (Wildman–Crippen MR) is 101 cm³/mol. The molecule has 1 aliphatic carbocycles. The zero-order chi connectivity index (χ0) is 19.9. The van der Waals surface area contributed by atoms with Crippen LogP contribution in [0.2, 0.25) is 0 Å². The van der Waals surface area contributed by atoms with Crippen LogP contribution >= 0.6 is 0 Å². The maximum absolute atomic E-state index is 13.8. The molecule has 1 aromatic rings. The van der Waals surface area contributed by atoms with Crippen molar-refractivity contribution < 1.29 is 19.2 Å². The lowest BCUT2D eigenvalue weighted by Gasteiger charge is -2.41. The first kappa shape index (κ1) is 19.1. The first-order chi connectivity index (χ1) is 13.4. The minimum Gasteiger partial charge on any atom is -0.368 e. The lowest BCUT2D eigenvalue weighted by Crippen LogP contribution is -2.61. The molecule has 0 unspecified atom stereocenters. The highest BCUT2D eigenvalue weighted by Crippen LogP contribution is 2.52. The molecule has 2 saturated heterocycles. The lowest BCUT2D eigenvalue weighted by atomic mass is 9.81. The summed E-state index contributed by atoms with van der Waals surface area (Å²) in [5.74, 6) is -1.38. The van der Waals surface area contributed by atoms with E-state index in [-0.39, 0.29) is 17.1 Å². The van der Waals surface area contributed by atoms with Crippen molar-refractivity contribution in [2.75, 3.05) is 37.6 Å². The zero-order valence-electron chi connectivity index (χ0n) is 16.1. The Hall–Kier alpha value is -2.19. The minimum atomic E-state index is -0.610. The number of hydrogen-bond acceptors (Lipinski definition) is 5. The molecule has 3 N–H and O–H groups in total. The standard InChI is InChI=1S/C20H27FN4O3/c1-13-15(21)3-2-4-16(13)24-7-9-25(10-8-24)19(27)17-14(18(26)23-28)11-20(5-6-20)12-22-17/h2-4,14,17,22,28H,5-12H2,1H3,(H,23,26)/t14-,17-/m0/s1. The van der Waals surface area contributed by atoms with Gasteiger partial charge in [0.25, 0.3) is 0 Å². The van der Waals surface area contributed by atoms with Crippen molar-refractivity contribution >= 4 is 17.5 Å². The molecule has 0 radical (unpaired) electrons. The van der Waals surface area contributed by atoms with Crippen LogP contribution in [0.3, 0.4) is 0 Å². The Morgan fingerprint density at radius 3 is 2.61 bits per heavy atom. The van der Waals surface area contributed by atoms with Crippen molar-refractivity contribution in [1.29, 1.82) is 0 Å². The summed E-state index contributed by atoms with van der Waals surface area (Å²) in [6.07, 6.45) is 2.74. The van der Waals surface area contributed by atoms with Gasteiger partial charge in [0.2, 0.25) is 11.8 Å². The summed E-state index contributed by atoms with van der Waals surface area (Å²) in [5, 5.41) is 12.4. The van der Waals surface area contributed by atoms with Crippen molar-refractivity contribution in [3.05, 3.63) is 29.6 Å². The highest BCUT2D eigenvalue weighted by atomic mass is 19.1. The third kappa shape index (κ3) is 3.46. The number of hydroxylamine groups is 1. The first-order valence-corrected chi connectivity index (χ1v) is 9.90. The van der Waals surface area contributed by atoms with E-state index in [0.717, 1.165) is 25.1 Å². The molecule has 1 saturated carbocycles. The molecule has 1 aromatic carbocycles. The summed E-state index contributed by atoms with van der Waals surface area (Å²) >= 11 is 0. The van der Waals surface area contributed by atoms with Crippen molar-refractivity contribution in [3.63, 3.8) is 0 Å². The van der Waals surface area contributed by atoms with E-state index in [1.54, 1.807) is 23.4 Å². The fourth-order valence-electron chi connectivity index (χ4n) is 4.57. The van der Waals surface area contributed by atoms with Gasteiger partial charge in [0.15, 0.2) is 0 Å². The summed E-state index contributed by atoms with van der Waals surface area (Å²) in [5.41, 5.74) is 3.32. The second kappa shape index (κ2) is 7.33. The molecule has 2 amide bonds. The molecule has 3 aliphatic rings. The van der Waals surface area contributed by atoms with E-state index >= 15 is 0 Å². The van der Waals surface area contributed by atoms with E-state index in [1.165, 1.54) is 6.07 Å². The highest BCUT2D eigenvalue weighted by Gasteiger charge is 2.52. The Morgan fingerprint density at radius 1 is 1.25 bits per heavy atom. The molecule has 0 bridgehead atoms. The SMILES string of the molecule is Cc1c(F)cccc1N1CCN(C(=O)[C@H]2NCC3(CC3)C[C@@H]2C(=O)NO)CC1. The monoisotopic (exact) mass is 390 g/mol. The fraction of sp³-hybridized carbons (Fsp3) is 0.600. The number of piperidine rings is 1. The molecule has 4 rings (SSSR count). The number of anilines is 1. The second-order valence-corrected chi connectivity index (χ2v) is 8.34. The van der Waals surface area contributed by atoms with Crippen LogP contribution in [-0.2, 0) is 9.59 Å². The van der Waals surface area contributed by atoms with E-state index in [1.807, 2.05) is 6.07 Å². The summed E-state index contributed by atoms with van der Waals surface area (Å²) in [6.45, 7) is 4.77. The van der Waals surface area contributed by atoms with Crippen molar-refractivity contribution in [2.45, 2.75) is 32.2 Å². The molecule has 3 fully saturated rings. The van der Waals surface area contributed by atoms with Crippen molar-refractivity contribution in [3.8, 4) is 0 Å². The third-order valence-corrected chi connectivity index (χ3v) is 6.59. The van der Waals surface area contributed by atoms with Gasteiger partial charge in [-0.2, -0.15) is 0 Å². The number of hydrogen-bond donors (Lipinski definition) is 3. The van der Waals surface area contributed by atoms with Crippen LogP contribution in [0.15, 0.2) is 18.2 Å². The van der Waals surface area contributed by atoms with Crippen LogP contribution in [0.25, 0.3) is 0 Å². The molecular formula is C20H27FN4O3. The Labute approximate surface area is 163 Å². The Kier molecular flexibility index (Phi) is 5.01. The topological polar surface area (TPSA) is 84.9 Å². The summed E-state index contributed by atoms with van der Waals surface area (Å²) in [7, 11) is 0. The van der Waals surface area contributed by atoms with Crippen LogP contribution in [0.5, 0.6) is 0 Å². The van der Waals surface area contributed by atoms with E-state index in [9.17, 15) is 14.0 Å². The van der Waals surface area contributed by atoms with Gasteiger partial charge in [-0.1, -0.05) is 6.07 Å². The Bertz CT molecular complexity index is 775. The smallest absolute Gasteiger partial charge is 0.248 e. The van der Waals surface area contributed by atoms with Gasteiger partial charge < -0.3 is 15.1 Å². The molecule has 1 spiro atoms. The maximum atomic E-state index is 13.8. The van der Waals surface area contributed by atoms with Gasteiger partial charge in [-0.3, -0.25) is 14.8 Å². The minimum absolute atomic E-state index is 0.0975. The lowest BCUT2D eigenvalue weighted by molar-refractivity contribution is -0.145. The number of nitrogens with one attached hydrogen (secondary N) is 2. The average molecular weight is 390 g/mol. The molecule has 7 nitrogen and oxygen atoms in total. The largest absolute Gasteiger partial charge is 0.368 e. The molecule has 152 valence electrons. The first-order valence-electron chi connectivity index (χ1n) is 9.90. The second-order valence-electron chi connectivity index (χ2n) is 8.34. The van der Waals surface area contributed by atoms with E-state index in [4.69, 9.17) is 5.21 Å². The van der Waals surface area contributed by atoms with Gasteiger partial charge in [0.05, 0.1) is 12.0 Å². The Balaban J connectivity index is 1.41. The summed E-state index contributed by atoms with van der Waals surface area (Å²) in [4.78, 5) is 29.1. The fourth-order valence-corrected chi connectivity index (χ4v) is 4.57. The van der Waals surface area contributed by atoms with Crippen LogP contribution in [-0.4, -0.2) is 60.7 Å². The molecule has 2 atom stereocenters. The third-order valence-electron chi connectivity index (χ3n) is 6.59. The number of carbonyl (C=O) groups is 2. The number of rotatable bonds is 3. The van der Waals surface area contributed by atoms with Gasteiger partial charge in [-0.25, -0.2) is 9.87 Å². The number of benzene rings is 1. The van der Waals surface area contributed by atoms with Gasteiger partial charge in [0.1, 0.15) is 5.82 Å². The van der Waals surface area contributed by atoms with Gasteiger partial charge in [0, 0.05) is 44.0 Å². The molecular weight excluding hydrogens is 363 g/mol. The number of halogens is 1.